The van der Waals surface area contributed by atoms with E-state index in [0.717, 1.165) is 11.3 Å². The van der Waals surface area contributed by atoms with Crippen LogP contribution in [-0.4, -0.2) is 18.9 Å². The van der Waals surface area contributed by atoms with Gasteiger partial charge in [-0.3, -0.25) is 9.59 Å². The molecule has 0 unspecified atom stereocenters. The lowest BCUT2D eigenvalue weighted by Crippen LogP contribution is -2.22. The second kappa shape index (κ2) is 7.79. The molecule has 0 aliphatic heterocycles. The summed E-state index contributed by atoms with van der Waals surface area (Å²) >= 11 is 6.08. The zero-order valence-electron chi connectivity index (χ0n) is 13.2. The van der Waals surface area contributed by atoms with E-state index in [0.29, 0.717) is 23.6 Å². The molecule has 0 fully saturated rings. The molecule has 0 radical (unpaired) electrons. The third-order valence-electron chi connectivity index (χ3n) is 3.59. The van der Waals surface area contributed by atoms with Crippen molar-refractivity contribution in [1.29, 1.82) is 0 Å². The van der Waals surface area contributed by atoms with E-state index in [4.69, 9.17) is 11.6 Å². The normalized spacial score (nSPS) is 10.2. The third kappa shape index (κ3) is 4.83. The predicted octanol–water partition coefficient (Wildman–Crippen LogP) is 3.89. The molecule has 0 saturated carbocycles. The number of benzene rings is 2. The summed E-state index contributed by atoms with van der Waals surface area (Å²) in [7, 11) is 1.71. The van der Waals surface area contributed by atoms with Crippen molar-refractivity contribution in [3.05, 3.63) is 59.1 Å². The van der Waals surface area contributed by atoms with E-state index in [9.17, 15) is 9.59 Å². The Morgan fingerprint density at radius 3 is 2.35 bits per heavy atom. The summed E-state index contributed by atoms with van der Waals surface area (Å²) in [5.74, 6) is -0.112. The minimum atomic E-state index is -0.0717. The lowest BCUT2D eigenvalue weighted by atomic mass is 10.1. The van der Waals surface area contributed by atoms with Crippen LogP contribution < -0.4 is 10.2 Å². The Bertz CT molecular complexity index is 698. The van der Waals surface area contributed by atoms with Crippen molar-refractivity contribution >= 4 is 34.8 Å². The summed E-state index contributed by atoms with van der Waals surface area (Å²) in [5.41, 5.74) is 2.45. The largest absolute Gasteiger partial charge is 0.326 e. The van der Waals surface area contributed by atoms with Crippen molar-refractivity contribution in [3.63, 3.8) is 0 Å². The number of aryl methyl sites for hydroxylation is 1. The molecule has 2 amide bonds. The van der Waals surface area contributed by atoms with Crippen molar-refractivity contribution in [2.75, 3.05) is 17.3 Å². The van der Waals surface area contributed by atoms with Crippen molar-refractivity contribution in [2.45, 2.75) is 19.8 Å². The fourth-order valence-corrected chi connectivity index (χ4v) is 2.35. The average molecular weight is 331 g/mol. The van der Waals surface area contributed by atoms with E-state index in [1.807, 2.05) is 24.3 Å². The highest BCUT2D eigenvalue weighted by Gasteiger charge is 2.07. The van der Waals surface area contributed by atoms with Crippen LogP contribution >= 0.6 is 11.6 Å². The van der Waals surface area contributed by atoms with Crippen LogP contribution in [0.5, 0.6) is 0 Å². The molecule has 1 N–H and O–H groups in total. The third-order valence-corrected chi connectivity index (χ3v) is 3.96. The van der Waals surface area contributed by atoms with Crippen LogP contribution in [-0.2, 0) is 16.0 Å². The monoisotopic (exact) mass is 330 g/mol. The van der Waals surface area contributed by atoms with Crippen molar-refractivity contribution < 1.29 is 9.59 Å². The molecular formula is C18H19ClN2O2. The Labute approximate surface area is 141 Å². The van der Waals surface area contributed by atoms with Gasteiger partial charge in [0.25, 0.3) is 0 Å². The van der Waals surface area contributed by atoms with E-state index in [1.54, 1.807) is 36.2 Å². The lowest BCUT2D eigenvalue weighted by molar-refractivity contribution is -0.117. The molecule has 0 heterocycles. The number of hydrogen-bond acceptors (Lipinski definition) is 2. The van der Waals surface area contributed by atoms with Crippen LogP contribution in [0.25, 0.3) is 0 Å². The van der Waals surface area contributed by atoms with E-state index < -0.39 is 0 Å². The van der Waals surface area contributed by atoms with Gasteiger partial charge in [-0.05, 0) is 42.3 Å². The Balaban J connectivity index is 1.90. The fourth-order valence-electron chi connectivity index (χ4n) is 2.12. The second-order valence-electron chi connectivity index (χ2n) is 5.26. The van der Waals surface area contributed by atoms with Crippen LogP contribution in [0.4, 0.5) is 11.4 Å². The highest BCUT2D eigenvalue weighted by Crippen LogP contribution is 2.19. The summed E-state index contributed by atoms with van der Waals surface area (Å²) < 4.78 is 0. The van der Waals surface area contributed by atoms with Gasteiger partial charge in [-0.15, -0.1) is 0 Å². The molecule has 5 heteroatoms. The lowest BCUT2D eigenvalue weighted by Gasteiger charge is -2.15. The first kappa shape index (κ1) is 17.0. The maximum atomic E-state index is 12.0. The molecule has 0 aliphatic rings. The van der Waals surface area contributed by atoms with Gasteiger partial charge in [0, 0.05) is 36.8 Å². The van der Waals surface area contributed by atoms with Gasteiger partial charge in [0.2, 0.25) is 11.8 Å². The van der Waals surface area contributed by atoms with E-state index in [1.165, 1.54) is 6.92 Å². The van der Waals surface area contributed by atoms with Gasteiger partial charge in [0.05, 0.1) is 0 Å². The highest BCUT2D eigenvalue weighted by atomic mass is 35.5. The smallest absolute Gasteiger partial charge is 0.224 e. The SMILES string of the molecule is CC(=O)N(C)c1ccc(NC(=O)CCc2ccccc2Cl)cc1. The molecule has 120 valence electrons. The summed E-state index contributed by atoms with van der Waals surface area (Å²) in [6.45, 7) is 1.50. The molecule has 2 aromatic rings. The number of anilines is 2. The molecule has 2 rings (SSSR count). The zero-order chi connectivity index (χ0) is 16.8. The first-order chi connectivity index (χ1) is 11.0. The van der Waals surface area contributed by atoms with Crippen molar-refractivity contribution in [2.24, 2.45) is 0 Å². The molecule has 2 aromatic carbocycles. The zero-order valence-corrected chi connectivity index (χ0v) is 13.9. The maximum Gasteiger partial charge on any atom is 0.224 e. The Morgan fingerprint density at radius 2 is 1.74 bits per heavy atom. The van der Waals surface area contributed by atoms with Crippen LogP contribution in [0.1, 0.15) is 18.9 Å². The fraction of sp³-hybridized carbons (Fsp3) is 0.222. The quantitative estimate of drug-likeness (QED) is 0.904. The summed E-state index contributed by atoms with van der Waals surface area (Å²) in [5, 5.41) is 3.52. The van der Waals surface area contributed by atoms with Gasteiger partial charge in [-0.2, -0.15) is 0 Å². The molecule has 0 bridgehead atoms. The summed E-state index contributed by atoms with van der Waals surface area (Å²) in [6, 6.07) is 14.7. The summed E-state index contributed by atoms with van der Waals surface area (Å²) in [4.78, 5) is 24.8. The minimum Gasteiger partial charge on any atom is -0.326 e. The molecule has 0 aliphatic carbocycles. The van der Waals surface area contributed by atoms with Crippen LogP contribution in [0, 0.1) is 0 Å². The number of halogens is 1. The number of nitrogens with one attached hydrogen (secondary N) is 1. The average Bonchev–Trinajstić information content (AvgIpc) is 2.54. The maximum absolute atomic E-state index is 12.0. The first-order valence-corrected chi connectivity index (χ1v) is 7.73. The molecule has 0 aromatic heterocycles. The second-order valence-corrected chi connectivity index (χ2v) is 5.67. The van der Waals surface area contributed by atoms with E-state index in [-0.39, 0.29) is 11.8 Å². The van der Waals surface area contributed by atoms with E-state index >= 15 is 0 Å². The molecule has 4 nitrogen and oxygen atoms in total. The highest BCUT2D eigenvalue weighted by molar-refractivity contribution is 6.31. The Hall–Kier alpha value is -2.33. The van der Waals surface area contributed by atoms with Crippen molar-refractivity contribution in [1.82, 2.24) is 0 Å². The number of rotatable bonds is 5. The summed E-state index contributed by atoms with van der Waals surface area (Å²) in [6.07, 6.45) is 0.954. The molecule has 0 saturated heterocycles. The van der Waals surface area contributed by atoms with Gasteiger partial charge >= 0.3 is 0 Å². The number of hydrogen-bond donors (Lipinski definition) is 1. The Morgan fingerprint density at radius 1 is 1.09 bits per heavy atom. The van der Waals surface area contributed by atoms with Crippen molar-refractivity contribution in [3.8, 4) is 0 Å². The van der Waals surface area contributed by atoms with Crippen LogP contribution in [0.15, 0.2) is 48.5 Å². The first-order valence-electron chi connectivity index (χ1n) is 7.35. The predicted molar refractivity (Wildman–Crippen MR) is 93.9 cm³/mol. The number of carbonyl (C=O) groups excluding carboxylic acids is 2. The minimum absolute atomic E-state index is 0.0403. The molecule has 0 spiro atoms. The Kier molecular flexibility index (Phi) is 5.77. The van der Waals surface area contributed by atoms with Gasteiger partial charge < -0.3 is 10.2 Å². The van der Waals surface area contributed by atoms with Crippen LogP contribution in [0.2, 0.25) is 5.02 Å². The topological polar surface area (TPSA) is 49.4 Å². The van der Waals surface area contributed by atoms with Gasteiger partial charge in [-0.1, -0.05) is 29.8 Å². The van der Waals surface area contributed by atoms with E-state index in [2.05, 4.69) is 5.32 Å². The van der Waals surface area contributed by atoms with Gasteiger partial charge in [-0.25, -0.2) is 0 Å². The van der Waals surface area contributed by atoms with Gasteiger partial charge in [0.1, 0.15) is 0 Å². The molecule has 0 atom stereocenters. The standard InChI is InChI=1S/C18H19ClN2O2/c1-13(22)21(2)16-10-8-15(9-11-16)20-18(23)12-7-14-5-3-4-6-17(14)19/h3-6,8-11H,7,12H2,1-2H3,(H,20,23). The molecular weight excluding hydrogens is 312 g/mol. The number of amides is 2. The number of carbonyl (C=O) groups is 2. The van der Waals surface area contributed by atoms with Gasteiger partial charge in [0.15, 0.2) is 0 Å². The number of nitrogens with zero attached hydrogens (tertiary/aromatic N) is 1. The van der Waals surface area contributed by atoms with Crippen LogP contribution in [0.3, 0.4) is 0 Å². The molecule has 23 heavy (non-hydrogen) atoms.